The molecule has 1 N–H and O–H groups in total. The summed E-state index contributed by atoms with van der Waals surface area (Å²) in [5.74, 6) is -2.92. The number of carbonyl (C=O) groups excluding carboxylic acids is 2. The highest BCUT2D eigenvalue weighted by Gasteiger charge is 2.39. The van der Waals surface area contributed by atoms with Crippen molar-refractivity contribution in [2.45, 2.75) is 31.5 Å². The standard InChI is InChI=1S/C24H26ClN3O6S/c1-16-7-9-17(10-8-16)35(31,32)28-13-11-27(12-14-28)21-19(25)5-4-6-20(21)26-15-18-22(29)33-24(2,3)34-23(18)30/h4-10,15,26H,11-14H2,1-3H3. The molecule has 0 spiro atoms. The summed E-state index contributed by atoms with van der Waals surface area (Å²) in [6.07, 6.45) is 1.23. The number of rotatable bonds is 5. The van der Waals surface area contributed by atoms with Gasteiger partial charge in [-0.25, -0.2) is 18.0 Å². The van der Waals surface area contributed by atoms with E-state index in [1.807, 2.05) is 11.8 Å². The second kappa shape index (κ2) is 9.52. The zero-order valence-electron chi connectivity index (χ0n) is 19.6. The van der Waals surface area contributed by atoms with E-state index in [1.54, 1.807) is 42.5 Å². The predicted octanol–water partition coefficient (Wildman–Crippen LogP) is 3.29. The summed E-state index contributed by atoms with van der Waals surface area (Å²) in [5.41, 5.74) is 1.90. The molecular formula is C24H26ClN3O6S. The van der Waals surface area contributed by atoms with Crippen LogP contribution < -0.4 is 10.2 Å². The first-order valence-electron chi connectivity index (χ1n) is 11.0. The number of nitrogens with zero attached hydrogens (tertiary/aromatic N) is 2. The van der Waals surface area contributed by atoms with Crippen LogP contribution in [-0.4, -0.2) is 56.6 Å². The Kier molecular flexibility index (Phi) is 6.81. The third kappa shape index (κ3) is 5.29. The average molecular weight is 520 g/mol. The van der Waals surface area contributed by atoms with Gasteiger partial charge in [0.15, 0.2) is 5.57 Å². The van der Waals surface area contributed by atoms with Gasteiger partial charge in [0.1, 0.15) is 0 Å². The Morgan fingerprint density at radius 2 is 1.57 bits per heavy atom. The molecule has 0 bridgehead atoms. The number of sulfonamides is 1. The summed E-state index contributed by atoms with van der Waals surface area (Å²) in [5, 5.41) is 3.40. The fourth-order valence-electron chi connectivity index (χ4n) is 3.89. The van der Waals surface area contributed by atoms with E-state index in [0.717, 1.165) is 5.56 Å². The van der Waals surface area contributed by atoms with Gasteiger partial charge in [0.2, 0.25) is 10.0 Å². The minimum absolute atomic E-state index is 0.262. The third-order valence-corrected chi connectivity index (χ3v) is 7.91. The number of hydrogen-bond donors (Lipinski definition) is 1. The van der Waals surface area contributed by atoms with Gasteiger partial charge in [-0.2, -0.15) is 4.31 Å². The van der Waals surface area contributed by atoms with Crippen LogP contribution in [0.25, 0.3) is 0 Å². The lowest BCUT2D eigenvalue weighted by molar-refractivity contribution is -0.222. The molecule has 186 valence electrons. The van der Waals surface area contributed by atoms with Crippen LogP contribution in [0.4, 0.5) is 11.4 Å². The Morgan fingerprint density at radius 3 is 2.17 bits per heavy atom. The molecule has 4 rings (SSSR count). The van der Waals surface area contributed by atoms with Gasteiger partial charge >= 0.3 is 11.9 Å². The highest BCUT2D eigenvalue weighted by Crippen LogP contribution is 2.35. The maximum absolute atomic E-state index is 13.0. The number of hydrogen-bond acceptors (Lipinski definition) is 8. The smallest absolute Gasteiger partial charge is 0.350 e. The third-order valence-electron chi connectivity index (χ3n) is 5.69. The average Bonchev–Trinajstić information content (AvgIpc) is 2.78. The molecular weight excluding hydrogens is 494 g/mol. The van der Waals surface area contributed by atoms with Crippen LogP contribution in [0.3, 0.4) is 0 Å². The topological polar surface area (TPSA) is 105 Å². The van der Waals surface area contributed by atoms with Crippen molar-refractivity contribution in [3.05, 3.63) is 64.8 Å². The van der Waals surface area contributed by atoms with Crippen LogP contribution >= 0.6 is 11.6 Å². The van der Waals surface area contributed by atoms with Crippen molar-refractivity contribution in [2.24, 2.45) is 0 Å². The van der Waals surface area contributed by atoms with Crippen LogP contribution in [0.5, 0.6) is 0 Å². The Balaban J connectivity index is 1.51. The lowest BCUT2D eigenvalue weighted by atomic mass is 10.2. The van der Waals surface area contributed by atoms with Crippen molar-refractivity contribution < 1.29 is 27.5 Å². The van der Waals surface area contributed by atoms with E-state index in [1.165, 1.54) is 24.4 Å². The van der Waals surface area contributed by atoms with Crippen molar-refractivity contribution in [3.8, 4) is 0 Å². The molecule has 2 aromatic rings. The molecule has 2 saturated heterocycles. The van der Waals surface area contributed by atoms with Gasteiger partial charge in [0, 0.05) is 46.2 Å². The van der Waals surface area contributed by atoms with E-state index in [4.69, 9.17) is 21.1 Å². The molecule has 0 saturated carbocycles. The van der Waals surface area contributed by atoms with E-state index in [-0.39, 0.29) is 23.6 Å². The number of esters is 2. The molecule has 2 aliphatic heterocycles. The van der Waals surface area contributed by atoms with Crippen LogP contribution in [0, 0.1) is 6.92 Å². The van der Waals surface area contributed by atoms with Crippen LogP contribution in [-0.2, 0) is 29.1 Å². The zero-order valence-corrected chi connectivity index (χ0v) is 21.1. The monoisotopic (exact) mass is 519 g/mol. The molecule has 2 fully saturated rings. The maximum atomic E-state index is 13.0. The van der Waals surface area contributed by atoms with Gasteiger partial charge in [-0.3, -0.25) is 0 Å². The number of aryl methyl sites for hydroxylation is 1. The molecule has 2 heterocycles. The van der Waals surface area contributed by atoms with Gasteiger partial charge in [0.05, 0.1) is 21.3 Å². The number of para-hydroxylation sites is 1. The summed E-state index contributed by atoms with van der Waals surface area (Å²) in [6.45, 7) is 6.20. The second-order valence-electron chi connectivity index (χ2n) is 8.72. The van der Waals surface area contributed by atoms with E-state index in [9.17, 15) is 18.0 Å². The number of ether oxygens (including phenoxy) is 2. The summed E-state index contributed by atoms with van der Waals surface area (Å²) < 4.78 is 37.7. The molecule has 0 amide bonds. The number of nitrogens with one attached hydrogen (secondary N) is 1. The van der Waals surface area contributed by atoms with Crippen molar-refractivity contribution >= 4 is 44.9 Å². The van der Waals surface area contributed by atoms with Crippen molar-refractivity contribution in [1.29, 1.82) is 0 Å². The summed E-state index contributed by atoms with van der Waals surface area (Å²) in [7, 11) is -3.61. The molecule has 9 nitrogen and oxygen atoms in total. The molecule has 35 heavy (non-hydrogen) atoms. The Labute approximate surface area is 209 Å². The predicted molar refractivity (Wildman–Crippen MR) is 132 cm³/mol. The molecule has 0 unspecified atom stereocenters. The molecule has 11 heteroatoms. The largest absolute Gasteiger partial charge is 0.419 e. The van der Waals surface area contributed by atoms with Crippen LogP contribution in [0.2, 0.25) is 5.02 Å². The lowest BCUT2D eigenvalue weighted by Crippen LogP contribution is -2.48. The minimum atomic E-state index is -3.61. The van der Waals surface area contributed by atoms with E-state index >= 15 is 0 Å². The number of cyclic esters (lactones) is 2. The normalized spacial score (nSPS) is 18.6. The SMILES string of the molecule is Cc1ccc(S(=O)(=O)N2CCN(c3c(Cl)cccc3NC=C3C(=O)OC(C)(C)OC3=O)CC2)cc1. The quantitative estimate of drug-likeness (QED) is 0.364. The van der Waals surface area contributed by atoms with Gasteiger partial charge in [0.25, 0.3) is 5.79 Å². The van der Waals surface area contributed by atoms with Crippen LogP contribution in [0.15, 0.2) is 59.1 Å². The Bertz CT molecular complexity index is 1260. The first kappa shape index (κ1) is 25.0. The summed E-state index contributed by atoms with van der Waals surface area (Å²) in [4.78, 5) is 26.7. The molecule has 0 aromatic heterocycles. The molecule has 2 aliphatic rings. The van der Waals surface area contributed by atoms with Gasteiger partial charge in [-0.05, 0) is 31.2 Å². The van der Waals surface area contributed by atoms with E-state index < -0.39 is 27.7 Å². The van der Waals surface area contributed by atoms with Crippen LogP contribution in [0.1, 0.15) is 19.4 Å². The van der Waals surface area contributed by atoms with Gasteiger partial charge in [-0.1, -0.05) is 35.4 Å². The van der Waals surface area contributed by atoms with E-state index in [0.29, 0.717) is 29.5 Å². The molecule has 2 aromatic carbocycles. The highest BCUT2D eigenvalue weighted by molar-refractivity contribution is 7.89. The van der Waals surface area contributed by atoms with Crippen molar-refractivity contribution in [2.75, 3.05) is 36.4 Å². The summed E-state index contributed by atoms with van der Waals surface area (Å²) in [6, 6.07) is 12.0. The Morgan fingerprint density at radius 1 is 0.971 bits per heavy atom. The fourth-order valence-corrected chi connectivity index (χ4v) is 5.61. The number of piperazine rings is 1. The maximum Gasteiger partial charge on any atom is 0.350 e. The summed E-state index contributed by atoms with van der Waals surface area (Å²) >= 11 is 6.50. The fraction of sp³-hybridized carbons (Fsp3) is 0.333. The lowest BCUT2D eigenvalue weighted by Gasteiger charge is -2.36. The molecule has 0 aliphatic carbocycles. The number of anilines is 2. The number of benzene rings is 2. The number of carbonyl (C=O) groups is 2. The Hall–Kier alpha value is -3.08. The first-order chi connectivity index (χ1) is 16.5. The van der Waals surface area contributed by atoms with E-state index in [2.05, 4.69) is 5.32 Å². The van der Waals surface area contributed by atoms with Gasteiger partial charge < -0.3 is 19.7 Å². The van der Waals surface area contributed by atoms with Gasteiger partial charge in [-0.15, -0.1) is 0 Å². The van der Waals surface area contributed by atoms with Crippen molar-refractivity contribution in [3.63, 3.8) is 0 Å². The first-order valence-corrected chi connectivity index (χ1v) is 12.8. The molecule has 0 atom stereocenters. The highest BCUT2D eigenvalue weighted by atomic mass is 35.5. The zero-order chi connectivity index (χ0) is 25.4. The molecule has 0 radical (unpaired) electrons. The number of halogens is 1. The minimum Gasteiger partial charge on any atom is -0.419 e. The second-order valence-corrected chi connectivity index (χ2v) is 11.1. The van der Waals surface area contributed by atoms with Crippen molar-refractivity contribution in [1.82, 2.24) is 4.31 Å².